The number of hydrogen-bond acceptors (Lipinski definition) is 0. The van der Waals surface area contributed by atoms with Crippen LogP contribution >= 0.6 is 139 Å². The van der Waals surface area contributed by atoms with Crippen LogP contribution in [0, 0.1) is 0 Å². The fourth-order valence-corrected chi connectivity index (χ4v) is 2.00. The highest BCUT2D eigenvalue weighted by atomic mass is 35.5. The van der Waals surface area contributed by atoms with Gasteiger partial charge in [-0.25, -0.2) is 0 Å². The molecule has 0 heterocycles. The third-order valence-electron chi connectivity index (χ3n) is 3.83. The standard InChI is InChI=1S/4C6H14.6CH2Cl2/c4*1-3-5-6-4-2;6*2-1-3/h4*3-6H2,1-2H3;6*1H2. The van der Waals surface area contributed by atoms with Gasteiger partial charge < -0.3 is 0 Å². The summed E-state index contributed by atoms with van der Waals surface area (Å²) in [7, 11) is 0. The molecule has 0 aromatic carbocycles. The van der Waals surface area contributed by atoms with Crippen LogP contribution in [-0.2, 0) is 0 Å². The molecular formula is C30H68Cl12. The Morgan fingerprint density at radius 2 is 0.238 bits per heavy atom. The average Bonchev–Trinajstić information content (AvgIpc) is 2.96. The second-order valence-corrected chi connectivity index (χ2v) is 12.3. The van der Waals surface area contributed by atoms with Gasteiger partial charge in [0.1, 0.15) is 0 Å². The van der Waals surface area contributed by atoms with Crippen LogP contribution in [0.25, 0.3) is 0 Å². The van der Waals surface area contributed by atoms with Gasteiger partial charge >= 0.3 is 0 Å². The molecule has 0 bridgehead atoms. The average molecular weight is 854 g/mol. The summed E-state index contributed by atoms with van der Waals surface area (Å²) in [5, 5.41) is 1.17. The maximum atomic E-state index is 4.76. The zero-order chi connectivity index (χ0) is 35.6. The third kappa shape index (κ3) is 327. The van der Waals surface area contributed by atoms with E-state index in [9.17, 15) is 0 Å². The molecule has 0 radical (unpaired) electrons. The van der Waals surface area contributed by atoms with Crippen molar-refractivity contribution in [2.45, 2.75) is 158 Å². The number of halogens is 12. The van der Waals surface area contributed by atoms with Crippen molar-refractivity contribution >= 4 is 139 Å². The molecule has 0 N–H and O–H groups in total. The normalized spacial score (nSPS) is 7.71. The van der Waals surface area contributed by atoms with Crippen molar-refractivity contribution in [2.75, 3.05) is 32.0 Å². The first-order valence-corrected chi connectivity index (χ1v) is 21.3. The smallest absolute Gasteiger partial charge is 0.0967 e. The van der Waals surface area contributed by atoms with E-state index in [4.69, 9.17) is 139 Å². The van der Waals surface area contributed by atoms with Crippen molar-refractivity contribution < 1.29 is 0 Å². The molecule has 12 heteroatoms. The highest BCUT2D eigenvalue weighted by Gasteiger charge is 1.77. The summed E-state index contributed by atoms with van der Waals surface area (Å²) in [6, 6.07) is 0. The molecule has 0 aliphatic rings. The Hall–Kier alpha value is 3.48. The van der Waals surface area contributed by atoms with Crippen LogP contribution in [-0.4, -0.2) is 32.0 Å². The molecule has 0 fully saturated rings. The Bertz CT molecular complexity index is 169. The van der Waals surface area contributed by atoms with E-state index >= 15 is 0 Å². The number of rotatable bonds is 12. The highest BCUT2D eigenvalue weighted by Crippen LogP contribution is 1.97. The maximum Gasteiger partial charge on any atom is 0.0967 e. The van der Waals surface area contributed by atoms with Crippen LogP contribution in [0.5, 0.6) is 0 Å². The summed E-state index contributed by atoms with van der Waals surface area (Å²) >= 11 is 57.2. The maximum absolute atomic E-state index is 4.76. The van der Waals surface area contributed by atoms with Crippen LogP contribution in [0.15, 0.2) is 0 Å². The molecule has 0 aliphatic heterocycles. The fraction of sp³-hybridized carbons (Fsp3) is 1.00. The van der Waals surface area contributed by atoms with Crippen LogP contribution in [0.1, 0.15) is 158 Å². The summed E-state index contributed by atoms with van der Waals surface area (Å²) in [4.78, 5) is 0. The molecule has 0 aliphatic carbocycles. The molecule has 0 aromatic heterocycles. The predicted octanol–water partition coefficient (Wildman–Crippen LogP) is 18.9. The zero-order valence-corrected chi connectivity index (χ0v) is 37.2. The summed E-state index contributed by atoms with van der Waals surface area (Å²) < 4.78 is 0. The van der Waals surface area contributed by atoms with Crippen LogP contribution < -0.4 is 0 Å². The van der Waals surface area contributed by atoms with Gasteiger partial charge in [0.15, 0.2) is 0 Å². The fourth-order valence-electron chi connectivity index (χ4n) is 2.00. The minimum atomic E-state index is 0.194. The molecule has 0 nitrogen and oxygen atoms in total. The minimum Gasteiger partial charge on any atom is -0.109 e. The van der Waals surface area contributed by atoms with Crippen LogP contribution in [0.2, 0.25) is 0 Å². The van der Waals surface area contributed by atoms with E-state index in [-0.39, 0.29) is 32.0 Å². The third-order valence-corrected chi connectivity index (χ3v) is 3.83. The van der Waals surface area contributed by atoms with Crippen molar-refractivity contribution in [3.8, 4) is 0 Å². The van der Waals surface area contributed by atoms with Crippen molar-refractivity contribution in [3.63, 3.8) is 0 Å². The van der Waals surface area contributed by atoms with Gasteiger partial charge in [-0.3, -0.25) is 0 Å². The molecule has 0 aromatic rings. The lowest BCUT2D eigenvalue weighted by molar-refractivity contribution is 0.702. The van der Waals surface area contributed by atoms with Gasteiger partial charge in [0.05, 0.1) is 32.0 Å². The van der Waals surface area contributed by atoms with Crippen molar-refractivity contribution in [3.05, 3.63) is 0 Å². The molecule has 0 amide bonds. The summed E-state index contributed by atoms with van der Waals surface area (Å²) in [5.41, 5.74) is 0. The van der Waals surface area contributed by atoms with E-state index in [0.29, 0.717) is 0 Å². The second-order valence-electron chi connectivity index (χ2n) is 7.43. The van der Waals surface area contributed by atoms with E-state index in [0.717, 1.165) is 0 Å². The second kappa shape index (κ2) is 130. The highest BCUT2D eigenvalue weighted by molar-refractivity contribution is 6.42. The largest absolute Gasteiger partial charge is 0.109 e. The SMILES string of the molecule is CCCCCC.CCCCCC.CCCCCC.CCCCCC.ClCCl.ClCCl.ClCCl.ClCCl.ClCCl.ClCCl. The first-order chi connectivity index (χ1) is 20.1. The van der Waals surface area contributed by atoms with Gasteiger partial charge in [-0.1, -0.05) is 158 Å². The van der Waals surface area contributed by atoms with E-state index in [1.807, 2.05) is 0 Å². The molecule has 272 valence electrons. The quantitative estimate of drug-likeness (QED) is 0.136. The van der Waals surface area contributed by atoms with Gasteiger partial charge in [0.25, 0.3) is 0 Å². The first-order valence-electron chi connectivity index (χ1n) is 14.9. The van der Waals surface area contributed by atoms with Crippen LogP contribution in [0.3, 0.4) is 0 Å². The van der Waals surface area contributed by atoms with E-state index in [2.05, 4.69) is 55.4 Å². The Morgan fingerprint density at radius 3 is 0.262 bits per heavy atom. The summed E-state index contributed by atoms with van der Waals surface area (Å²) in [6.45, 7) is 17.9. The van der Waals surface area contributed by atoms with Gasteiger partial charge in [-0.05, 0) is 0 Å². The molecule has 0 atom stereocenters. The van der Waals surface area contributed by atoms with Gasteiger partial charge in [-0.2, -0.15) is 0 Å². The number of hydrogen-bond donors (Lipinski definition) is 0. The Balaban J connectivity index is -0.0000000345. The molecule has 0 spiro atoms. The van der Waals surface area contributed by atoms with E-state index in [1.54, 1.807) is 0 Å². The lowest BCUT2D eigenvalue weighted by Crippen LogP contribution is -1.66. The van der Waals surface area contributed by atoms with Gasteiger partial charge in [0, 0.05) is 0 Å². The molecule has 0 saturated carbocycles. The van der Waals surface area contributed by atoms with Crippen LogP contribution in [0.4, 0.5) is 0 Å². The Labute approximate surface area is 326 Å². The Morgan fingerprint density at radius 1 is 0.190 bits per heavy atom. The van der Waals surface area contributed by atoms with Crippen molar-refractivity contribution in [2.24, 2.45) is 0 Å². The minimum absolute atomic E-state index is 0.194. The summed E-state index contributed by atoms with van der Waals surface area (Å²) in [5.74, 6) is 0. The Kier molecular flexibility index (Phi) is 220. The lowest BCUT2D eigenvalue weighted by Gasteiger charge is -1.86. The van der Waals surface area contributed by atoms with E-state index < -0.39 is 0 Å². The van der Waals surface area contributed by atoms with Crippen molar-refractivity contribution in [1.82, 2.24) is 0 Å². The molecular weight excluding hydrogens is 786 g/mol. The number of unbranched alkanes of at least 4 members (excludes halogenated alkanes) is 12. The summed E-state index contributed by atoms with van der Waals surface area (Å²) in [6.07, 6.45) is 22.1. The van der Waals surface area contributed by atoms with Gasteiger partial charge in [-0.15, -0.1) is 139 Å². The molecule has 0 rings (SSSR count). The molecule has 42 heavy (non-hydrogen) atoms. The topological polar surface area (TPSA) is 0 Å². The number of alkyl halides is 12. The predicted molar refractivity (Wildman–Crippen MR) is 219 cm³/mol. The molecule has 0 unspecified atom stereocenters. The molecule has 0 saturated heterocycles. The first kappa shape index (κ1) is 71.5. The zero-order valence-electron chi connectivity index (χ0n) is 28.1. The monoisotopic (exact) mass is 848 g/mol. The van der Waals surface area contributed by atoms with E-state index in [1.165, 1.54) is 103 Å². The van der Waals surface area contributed by atoms with Gasteiger partial charge in [0.2, 0.25) is 0 Å². The van der Waals surface area contributed by atoms with Crippen molar-refractivity contribution in [1.29, 1.82) is 0 Å². The lowest BCUT2D eigenvalue weighted by atomic mass is 10.2.